The molecule has 1 aliphatic rings. The third-order valence-corrected chi connectivity index (χ3v) is 4.75. The van der Waals surface area contributed by atoms with Gasteiger partial charge < -0.3 is 19.5 Å². The standard InChI is InChI=1S/C24H22N2O4/c1-28-23-12-18(6-7-22(23)29-15-17-8-10-25-11-9-17)14-26-24(27)20-13-19-4-2-3-5-21(19)30-16-20/h2-13H,14-16H2,1H3,(H,26,27). The van der Waals surface area contributed by atoms with Crippen LogP contribution < -0.4 is 19.5 Å². The number of hydrogen-bond acceptors (Lipinski definition) is 5. The maximum absolute atomic E-state index is 12.5. The van der Waals surface area contributed by atoms with Gasteiger partial charge in [0.25, 0.3) is 5.91 Å². The Bertz CT molecular complexity index is 1060. The Morgan fingerprint density at radius 2 is 1.90 bits per heavy atom. The van der Waals surface area contributed by atoms with E-state index in [0.717, 1.165) is 22.4 Å². The van der Waals surface area contributed by atoms with E-state index in [2.05, 4.69) is 10.3 Å². The van der Waals surface area contributed by atoms with Crippen molar-refractivity contribution in [3.05, 3.63) is 89.3 Å². The first kappa shape index (κ1) is 19.5. The highest BCUT2D eigenvalue weighted by molar-refractivity contribution is 5.99. The lowest BCUT2D eigenvalue weighted by atomic mass is 10.1. The molecule has 1 aromatic heterocycles. The zero-order valence-electron chi connectivity index (χ0n) is 16.6. The number of pyridine rings is 1. The fraction of sp³-hybridized carbons (Fsp3) is 0.167. The number of carbonyl (C=O) groups excluding carboxylic acids is 1. The Labute approximate surface area is 175 Å². The SMILES string of the molecule is COc1cc(CNC(=O)C2=Cc3ccccc3OC2)ccc1OCc1ccncc1. The van der Waals surface area contributed by atoms with Crippen molar-refractivity contribution in [1.29, 1.82) is 0 Å². The molecule has 0 spiro atoms. The molecule has 0 fully saturated rings. The number of rotatable bonds is 7. The Morgan fingerprint density at radius 3 is 2.73 bits per heavy atom. The van der Waals surface area contributed by atoms with Crippen molar-refractivity contribution < 1.29 is 19.0 Å². The summed E-state index contributed by atoms with van der Waals surface area (Å²) >= 11 is 0. The highest BCUT2D eigenvalue weighted by Gasteiger charge is 2.17. The minimum absolute atomic E-state index is 0.151. The Morgan fingerprint density at radius 1 is 1.07 bits per heavy atom. The first-order valence-corrected chi connectivity index (χ1v) is 9.62. The molecule has 0 aliphatic carbocycles. The summed E-state index contributed by atoms with van der Waals surface area (Å²) in [5, 5.41) is 2.94. The van der Waals surface area contributed by atoms with Crippen molar-refractivity contribution in [3.8, 4) is 17.2 Å². The van der Waals surface area contributed by atoms with Crippen molar-refractivity contribution >= 4 is 12.0 Å². The molecule has 1 amide bonds. The van der Waals surface area contributed by atoms with E-state index in [0.29, 0.717) is 30.2 Å². The van der Waals surface area contributed by atoms with E-state index in [1.807, 2.05) is 60.7 Å². The molecule has 1 aliphatic heterocycles. The van der Waals surface area contributed by atoms with Crippen LogP contribution in [0.3, 0.4) is 0 Å². The highest BCUT2D eigenvalue weighted by atomic mass is 16.5. The average Bonchev–Trinajstić information content (AvgIpc) is 2.81. The fourth-order valence-electron chi connectivity index (χ4n) is 3.12. The smallest absolute Gasteiger partial charge is 0.250 e. The fourth-order valence-corrected chi connectivity index (χ4v) is 3.12. The summed E-state index contributed by atoms with van der Waals surface area (Å²) in [7, 11) is 1.60. The molecular formula is C24H22N2O4. The molecule has 4 rings (SSSR count). The second-order valence-corrected chi connectivity index (χ2v) is 6.81. The van der Waals surface area contributed by atoms with Crippen LogP contribution in [0.4, 0.5) is 0 Å². The second-order valence-electron chi connectivity index (χ2n) is 6.81. The largest absolute Gasteiger partial charge is 0.493 e. The molecule has 30 heavy (non-hydrogen) atoms. The number of para-hydroxylation sites is 1. The van der Waals surface area contributed by atoms with Gasteiger partial charge in [-0.25, -0.2) is 0 Å². The van der Waals surface area contributed by atoms with Gasteiger partial charge in [0.05, 0.1) is 12.7 Å². The van der Waals surface area contributed by atoms with Gasteiger partial charge in [-0.2, -0.15) is 0 Å². The Kier molecular flexibility index (Phi) is 5.94. The lowest BCUT2D eigenvalue weighted by molar-refractivity contribution is -0.117. The third-order valence-electron chi connectivity index (χ3n) is 4.75. The molecule has 0 unspecified atom stereocenters. The third kappa shape index (κ3) is 4.60. The number of amides is 1. The summed E-state index contributed by atoms with van der Waals surface area (Å²) in [6.45, 7) is 1.05. The van der Waals surface area contributed by atoms with Crippen molar-refractivity contribution in [3.63, 3.8) is 0 Å². The molecule has 6 nitrogen and oxygen atoms in total. The predicted molar refractivity (Wildman–Crippen MR) is 113 cm³/mol. The molecule has 0 radical (unpaired) electrons. The van der Waals surface area contributed by atoms with Crippen molar-refractivity contribution in [2.75, 3.05) is 13.7 Å². The van der Waals surface area contributed by atoms with Gasteiger partial charge in [0.2, 0.25) is 0 Å². The van der Waals surface area contributed by atoms with Gasteiger partial charge in [-0.15, -0.1) is 0 Å². The summed E-state index contributed by atoms with van der Waals surface area (Å²) in [4.78, 5) is 16.5. The molecule has 0 atom stereocenters. The van der Waals surface area contributed by atoms with Gasteiger partial charge in [-0.1, -0.05) is 24.3 Å². The topological polar surface area (TPSA) is 69.7 Å². The molecular weight excluding hydrogens is 380 g/mol. The molecule has 0 saturated carbocycles. The molecule has 6 heteroatoms. The molecule has 0 saturated heterocycles. The molecule has 1 N–H and O–H groups in total. The monoisotopic (exact) mass is 402 g/mol. The number of methoxy groups -OCH3 is 1. The maximum atomic E-state index is 12.5. The second kappa shape index (κ2) is 9.13. The van der Waals surface area contributed by atoms with E-state index >= 15 is 0 Å². The lowest BCUT2D eigenvalue weighted by Crippen LogP contribution is -2.28. The zero-order chi connectivity index (χ0) is 20.8. The van der Waals surface area contributed by atoms with Crippen LogP contribution in [0.15, 0.2) is 72.6 Å². The number of nitrogens with one attached hydrogen (secondary N) is 1. The maximum Gasteiger partial charge on any atom is 0.250 e. The zero-order valence-corrected chi connectivity index (χ0v) is 16.6. The van der Waals surface area contributed by atoms with Gasteiger partial charge >= 0.3 is 0 Å². The molecule has 3 aromatic rings. The number of nitrogens with zero attached hydrogens (tertiary/aromatic N) is 1. The molecule has 2 heterocycles. The van der Waals surface area contributed by atoms with E-state index in [1.165, 1.54) is 0 Å². The van der Waals surface area contributed by atoms with Crippen molar-refractivity contribution in [2.24, 2.45) is 0 Å². The molecule has 0 bridgehead atoms. The summed E-state index contributed by atoms with van der Waals surface area (Å²) in [5.74, 6) is 1.90. The molecule has 152 valence electrons. The van der Waals surface area contributed by atoms with Crippen LogP contribution in [-0.2, 0) is 17.9 Å². The summed E-state index contributed by atoms with van der Waals surface area (Å²) in [5.41, 5.74) is 3.44. The van der Waals surface area contributed by atoms with Crippen LogP contribution in [0.2, 0.25) is 0 Å². The summed E-state index contributed by atoms with van der Waals surface area (Å²) < 4.78 is 17.0. The highest BCUT2D eigenvalue weighted by Crippen LogP contribution is 2.29. The van der Waals surface area contributed by atoms with Crippen LogP contribution >= 0.6 is 0 Å². The van der Waals surface area contributed by atoms with Crippen LogP contribution in [0, 0.1) is 0 Å². The summed E-state index contributed by atoms with van der Waals surface area (Å²) in [6, 6.07) is 17.1. The number of carbonyl (C=O) groups is 1. The first-order chi connectivity index (χ1) is 14.7. The predicted octanol–water partition coefficient (Wildman–Crippen LogP) is 3.76. The van der Waals surface area contributed by atoms with Gasteiger partial charge in [0.15, 0.2) is 11.5 Å². The van der Waals surface area contributed by atoms with Crippen LogP contribution in [0.5, 0.6) is 17.2 Å². The number of aromatic nitrogens is 1. The van der Waals surface area contributed by atoms with E-state index in [4.69, 9.17) is 14.2 Å². The number of hydrogen-bond donors (Lipinski definition) is 1. The van der Waals surface area contributed by atoms with Gasteiger partial charge in [0.1, 0.15) is 19.0 Å². The Hall–Kier alpha value is -3.80. The van der Waals surface area contributed by atoms with Crippen LogP contribution in [0.1, 0.15) is 16.7 Å². The van der Waals surface area contributed by atoms with E-state index in [1.54, 1.807) is 19.5 Å². The summed E-state index contributed by atoms with van der Waals surface area (Å²) in [6.07, 6.45) is 5.32. The van der Waals surface area contributed by atoms with Crippen molar-refractivity contribution in [1.82, 2.24) is 10.3 Å². The first-order valence-electron chi connectivity index (χ1n) is 9.62. The van der Waals surface area contributed by atoms with E-state index in [9.17, 15) is 4.79 Å². The Balaban J connectivity index is 1.38. The van der Waals surface area contributed by atoms with Crippen LogP contribution in [0.25, 0.3) is 6.08 Å². The van der Waals surface area contributed by atoms with Crippen LogP contribution in [-0.4, -0.2) is 24.6 Å². The minimum atomic E-state index is -0.151. The quantitative estimate of drug-likeness (QED) is 0.652. The van der Waals surface area contributed by atoms with Gasteiger partial charge in [-0.3, -0.25) is 9.78 Å². The number of fused-ring (bicyclic) bond motifs is 1. The van der Waals surface area contributed by atoms with Gasteiger partial charge in [0, 0.05) is 24.5 Å². The molecule has 2 aromatic carbocycles. The number of benzene rings is 2. The average molecular weight is 402 g/mol. The van der Waals surface area contributed by atoms with E-state index in [-0.39, 0.29) is 12.5 Å². The van der Waals surface area contributed by atoms with E-state index < -0.39 is 0 Å². The lowest BCUT2D eigenvalue weighted by Gasteiger charge is -2.17. The number of ether oxygens (including phenoxy) is 3. The minimum Gasteiger partial charge on any atom is -0.493 e. The van der Waals surface area contributed by atoms with Crippen molar-refractivity contribution in [2.45, 2.75) is 13.2 Å². The normalized spacial score (nSPS) is 12.2. The van der Waals surface area contributed by atoms with Gasteiger partial charge in [-0.05, 0) is 47.5 Å².